The van der Waals surface area contributed by atoms with E-state index < -0.39 is 0 Å². The summed E-state index contributed by atoms with van der Waals surface area (Å²) in [6.07, 6.45) is 2.93. The predicted octanol–water partition coefficient (Wildman–Crippen LogP) is 1.67. The zero-order valence-corrected chi connectivity index (χ0v) is 10.9. The Labute approximate surface area is 108 Å². The van der Waals surface area contributed by atoms with E-state index in [0.717, 1.165) is 31.2 Å². The Kier molecular flexibility index (Phi) is 3.48. The fraction of sp³-hybridized carbons (Fsp3) is 0.643. The van der Waals surface area contributed by atoms with Crippen LogP contribution in [0.5, 0.6) is 0 Å². The van der Waals surface area contributed by atoms with Gasteiger partial charge >= 0.3 is 0 Å². The predicted molar refractivity (Wildman–Crippen MR) is 71.8 cm³/mol. The molecule has 18 heavy (non-hydrogen) atoms. The quantitative estimate of drug-likeness (QED) is 0.881. The second-order valence-electron chi connectivity index (χ2n) is 5.29. The van der Waals surface area contributed by atoms with Gasteiger partial charge in [-0.3, -0.25) is 4.90 Å². The number of pyridine rings is 1. The topological polar surface area (TPSA) is 37.4 Å². The van der Waals surface area contributed by atoms with Gasteiger partial charge < -0.3 is 10.1 Å². The number of morpholine rings is 1. The van der Waals surface area contributed by atoms with Gasteiger partial charge in [0.1, 0.15) is 5.82 Å². The summed E-state index contributed by atoms with van der Waals surface area (Å²) in [7, 11) is 0. The summed E-state index contributed by atoms with van der Waals surface area (Å²) in [6.45, 7) is 6.06. The van der Waals surface area contributed by atoms with Crippen LogP contribution in [0.4, 0.5) is 5.82 Å². The molecule has 1 aromatic heterocycles. The summed E-state index contributed by atoms with van der Waals surface area (Å²) in [5, 5.41) is 3.37. The molecule has 0 radical (unpaired) electrons. The number of nitrogens with one attached hydrogen (secondary N) is 1. The van der Waals surface area contributed by atoms with E-state index in [9.17, 15) is 0 Å². The average molecular weight is 247 g/mol. The molecule has 0 spiro atoms. The Bertz CT molecular complexity index is 410. The Morgan fingerprint density at radius 1 is 1.50 bits per heavy atom. The highest BCUT2D eigenvalue weighted by Gasteiger charge is 2.31. The molecule has 2 aliphatic rings. The maximum Gasteiger partial charge on any atom is 0.126 e. The van der Waals surface area contributed by atoms with Crippen LogP contribution in [0.1, 0.15) is 18.5 Å². The van der Waals surface area contributed by atoms with Crippen LogP contribution in [0.15, 0.2) is 18.2 Å². The molecule has 0 bridgehead atoms. The first kappa shape index (κ1) is 11.9. The first-order chi connectivity index (χ1) is 8.81. The number of fused-ring (bicyclic) bond motifs is 1. The van der Waals surface area contributed by atoms with Crippen molar-refractivity contribution in [2.75, 3.05) is 31.6 Å². The first-order valence-electron chi connectivity index (χ1n) is 6.84. The van der Waals surface area contributed by atoms with Gasteiger partial charge in [0.15, 0.2) is 0 Å². The van der Waals surface area contributed by atoms with Crippen molar-refractivity contribution in [1.29, 1.82) is 0 Å². The lowest BCUT2D eigenvalue weighted by Crippen LogP contribution is -2.48. The fourth-order valence-electron chi connectivity index (χ4n) is 2.87. The van der Waals surface area contributed by atoms with Crippen molar-refractivity contribution in [2.45, 2.75) is 31.9 Å². The van der Waals surface area contributed by atoms with Crippen molar-refractivity contribution in [1.82, 2.24) is 9.88 Å². The normalized spacial score (nSPS) is 28.1. The molecule has 0 aliphatic carbocycles. The molecule has 0 amide bonds. The molecule has 0 aromatic carbocycles. The summed E-state index contributed by atoms with van der Waals surface area (Å²) in [5.74, 6) is 0.946. The summed E-state index contributed by atoms with van der Waals surface area (Å²) in [4.78, 5) is 7.01. The molecule has 3 heterocycles. The summed E-state index contributed by atoms with van der Waals surface area (Å²) < 4.78 is 5.91. The van der Waals surface area contributed by atoms with Crippen molar-refractivity contribution >= 4 is 5.82 Å². The molecule has 4 nitrogen and oxygen atoms in total. The van der Waals surface area contributed by atoms with Gasteiger partial charge in [-0.2, -0.15) is 0 Å². The van der Waals surface area contributed by atoms with Gasteiger partial charge in [-0.15, -0.1) is 0 Å². The minimum Gasteiger partial charge on any atom is -0.373 e. The van der Waals surface area contributed by atoms with Crippen LogP contribution < -0.4 is 5.32 Å². The molecule has 2 fully saturated rings. The number of hydrogen-bond acceptors (Lipinski definition) is 4. The molecular formula is C14H21N3O. The van der Waals surface area contributed by atoms with Gasteiger partial charge in [-0.1, -0.05) is 6.07 Å². The standard InChI is InChI=1S/C14H21N3O/c1-11-4-2-6-14(16-11)15-8-13-9-17-7-3-5-12(17)10-18-13/h2,4,6,12-13H,3,5,7-10H2,1H3,(H,15,16). The van der Waals surface area contributed by atoms with E-state index in [1.807, 2.05) is 25.1 Å². The second-order valence-corrected chi connectivity index (χ2v) is 5.29. The van der Waals surface area contributed by atoms with Crippen LogP contribution in [0.3, 0.4) is 0 Å². The van der Waals surface area contributed by atoms with E-state index in [-0.39, 0.29) is 0 Å². The number of aryl methyl sites for hydroxylation is 1. The molecule has 2 aliphatic heterocycles. The van der Waals surface area contributed by atoms with Gasteiger partial charge in [0, 0.05) is 24.8 Å². The van der Waals surface area contributed by atoms with E-state index in [1.54, 1.807) is 0 Å². The number of anilines is 1. The Hall–Kier alpha value is -1.13. The smallest absolute Gasteiger partial charge is 0.126 e. The monoisotopic (exact) mass is 247 g/mol. The lowest BCUT2D eigenvalue weighted by molar-refractivity contribution is -0.0416. The van der Waals surface area contributed by atoms with Crippen molar-refractivity contribution in [3.8, 4) is 0 Å². The largest absolute Gasteiger partial charge is 0.373 e. The molecule has 98 valence electrons. The second kappa shape index (κ2) is 5.24. The molecule has 3 rings (SSSR count). The SMILES string of the molecule is Cc1cccc(NCC2CN3CCCC3CO2)n1. The molecule has 0 saturated carbocycles. The van der Waals surface area contributed by atoms with Crippen molar-refractivity contribution in [2.24, 2.45) is 0 Å². The Morgan fingerprint density at radius 2 is 2.44 bits per heavy atom. The van der Waals surface area contributed by atoms with E-state index in [2.05, 4.69) is 15.2 Å². The van der Waals surface area contributed by atoms with E-state index in [0.29, 0.717) is 12.1 Å². The minimum atomic E-state index is 0.293. The number of ether oxygens (including phenoxy) is 1. The van der Waals surface area contributed by atoms with Gasteiger partial charge in [-0.05, 0) is 38.4 Å². The summed E-state index contributed by atoms with van der Waals surface area (Å²) in [6, 6.07) is 6.73. The van der Waals surface area contributed by atoms with Gasteiger partial charge in [0.2, 0.25) is 0 Å². The number of aromatic nitrogens is 1. The molecule has 2 unspecified atom stereocenters. The maximum atomic E-state index is 5.91. The Balaban J connectivity index is 1.51. The van der Waals surface area contributed by atoms with Crippen LogP contribution in [0.2, 0.25) is 0 Å². The van der Waals surface area contributed by atoms with E-state index in [1.165, 1.54) is 19.4 Å². The molecule has 1 aromatic rings. The van der Waals surface area contributed by atoms with Crippen LogP contribution in [0, 0.1) is 6.92 Å². The average Bonchev–Trinajstić information content (AvgIpc) is 2.84. The highest BCUT2D eigenvalue weighted by atomic mass is 16.5. The van der Waals surface area contributed by atoms with Crippen LogP contribution in [-0.4, -0.2) is 48.3 Å². The van der Waals surface area contributed by atoms with Gasteiger partial charge in [0.25, 0.3) is 0 Å². The lowest BCUT2D eigenvalue weighted by Gasteiger charge is -2.35. The van der Waals surface area contributed by atoms with E-state index >= 15 is 0 Å². The van der Waals surface area contributed by atoms with Crippen LogP contribution in [0.25, 0.3) is 0 Å². The molecule has 2 saturated heterocycles. The van der Waals surface area contributed by atoms with E-state index in [4.69, 9.17) is 4.74 Å². The number of nitrogens with zero attached hydrogens (tertiary/aromatic N) is 2. The summed E-state index contributed by atoms with van der Waals surface area (Å²) in [5.41, 5.74) is 1.05. The number of rotatable bonds is 3. The zero-order chi connectivity index (χ0) is 12.4. The maximum absolute atomic E-state index is 5.91. The van der Waals surface area contributed by atoms with Crippen molar-refractivity contribution < 1.29 is 4.74 Å². The molecule has 4 heteroatoms. The summed E-state index contributed by atoms with van der Waals surface area (Å²) >= 11 is 0. The zero-order valence-electron chi connectivity index (χ0n) is 10.9. The van der Waals surface area contributed by atoms with Crippen molar-refractivity contribution in [3.63, 3.8) is 0 Å². The third-order valence-electron chi connectivity index (χ3n) is 3.86. The van der Waals surface area contributed by atoms with Crippen LogP contribution in [-0.2, 0) is 4.74 Å². The third-order valence-corrected chi connectivity index (χ3v) is 3.86. The molecule has 2 atom stereocenters. The molecule has 1 N–H and O–H groups in total. The fourth-order valence-corrected chi connectivity index (χ4v) is 2.87. The lowest BCUT2D eigenvalue weighted by atomic mass is 10.2. The molecular weight excluding hydrogens is 226 g/mol. The van der Waals surface area contributed by atoms with Crippen molar-refractivity contribution in [3.05, 3.63) is 23.9 Å². The third kappa shape index (κ3) is 2.65. The first-order valence-corrected chi connectivity index (χ1v) is 6.84. The minimum absolute atomic E-state index is 0.293. The highest BCUT2D eigenvalue weighted by Crippen LogP contribution is 2.22. The Morgan fingerprint density at radius 3 is 3.33 bits per heavy atom. The van der Waals surface area contributed by atoms with Gasteiger partial charge in [0.05, 0.1) is 12.7 Å². The highest BCUT2D eigenvalue weighted by molar-refractivity contribution is 5.35. The number of hydrogen-bond donors (Lipinski definition) is 1. The van der Waals surface area contributed by atoms with Crippen LogP contribution >= 0.6 is 0 Å². The van der Waals surface area contributed by atoms with Gasteiger partial charge in [-0.25, -0.2) is 4.98 Å².